The Hall–Kier alpha value is -0.770. The number of pyridine rings is 1. The molecule has 1 aromatic carbocycles. The summed E-state index contributed by atoms with van der Waals surface area (Å²) >= 11 is 0. The second-order valence-electron chi connectivity index (χ2n) is 3.72. The third-order valence-corrected chi connectivity index (χ3v) is 4.60. The van der Waals surface area contributed by atoms with Gasteiger partial charge in [-0.2, -0.15) is 0 Å². The van der Waals surface area contributed by atoms with Crippen LogP contribution in [0.25, 0.3) is 0 Å². The van der Waals surface area contributed by atoms with Crippen molar-refractivity contribution >= 4 is 18.5 Å². The van der Waals surface area contributed by atoms with E-state index >= 15 is 0 Å². The molecule has 0 spiro atoms. The Bertz CT molecular complexity index is 387. The zero-order valence-electron chi connectivity index (χ0n) is 8.95. The lowest BCUT2D eigenvalue weighted by atomic mass is 10.1. The zero-order valence-corrected chi connectivity index (χ0v) is 11.3. The average molecular weight is 247 g/mol. The molecule has 0 amide bonds. The van der Waals surface area contributed by atoms with Gasteiger partial charge in [-0.05, 0) is 17.7 Å². The maximum absolute atomic E-state index is 4.39. The first-order valence-corrected chi connectivity index (χ1v) is 6.59. The summed E-state index contributed by atoms with van der Waals surface area (Å²) in [4.78, 5) is 4.39. The standard InChI is InChI=1S/C13H15NP2/c15-12(10-6-2-1-3-7-10)13(16)11-8-4-5-9-14-11/h1-9,12-13H,15-16H2/t12-,13-/m1/s1. The van der Waals surface area contributed by atoms with Gasteiger partial charge in [-0.15, -0.1) is 18.5 Å². The van der Waals surface area contributed by atoms with Gasteiger partial charge in [-0.3, -0.25) is 4.98 Å². The van der Waals surface area contributed by atoms with Crippen molar-refractivity contribution in [1.82, 2.24) is 4.98 Å². The summed E-state index contributed by atoms with van der Waals surface area (Å²) in [6.45, 7) is 0. The highest BCUT2D eigenvalue weighted by Gasteiger charge is 2.16. The van der Waals surface area contributed by atoms with Crippen LogP contribution in [-0.2, 0) is 0 Å². The molecule has 2 aromatic rings. The highest BCUT2D eigenvalue weighted by Crippen LogP contribution is 2.41. The van der Waals surface area contributed by atoms with Gasteiger partial charge in [0.2, 0.25) is 0 Å². The molecular formula is C13H15NP2. The lowest BCUT2D eigenvalue weighted by Gasteiger charge is -2.19. The van der Waals surface area contributed by atoms with Crippen LogP contribution in [0, 0.1) is 0 Å². The van der Waals surface area contributed by atoms with Crippen molar-refractivity contribution in [3.05, 3.63) is 66.0 Å². The van der Waals surface area contributed by atoms with Gasteiger partial charge in [0.25, 0.3) is 0 Å². The lowest BCUT2D eigenvalue weighted by molar-refractivity contribution is 0.868. The van der Waals surface area contributed by atoms with Crippen LogP contribution in [0.4, 0.5) is 0 Å². The van der Waals surface area contributed by atoms with Gasteiger partial charge in [-0.25, -0.2) is 0 Å². The summed E-state index contributed by atoms with van der Waals surface area (Å²) in [5, 5.41) is 0. The number of nitrogens with zero attached hydrogens (tertiary/aromatic N) is 1. The van der Waals surface area contributed by atoms with Crippen molar-refractivity contribution in [3.63, 3.8) is 0 Å². The van der Waals surface area contributed by atoms with Gasteiger partial charge in [0.05, 0.1) is 0 Å². The zero-order chi connectivity index (χ0) is 11.4. The Morgan fingerprint density at radius 1 is 0.812 bits per heavy atom. The van der Waals surface area contributed by atoms with Crippen LogP contribution in [0.2, 0.25) is 0 Å². The minimum Gasteiger partial charge on any atom is -0.261 e. The number of hydrogen-bond acceptors (Lipinski definition) is 1. The van der Waals surface area contributed by atoms with E-state index in [1.807, 2.05) is 24.4 Å². The predicted octanol–water partition coefficient (Wildman–Crippen LogP) is 3.61. The summed E-state index contributed by atoms with van der Waals surface area (Å²) in [6, 6.07) is 16.5. The highest BCUT2D eigenvalue weighted by molar-refractivity contribution is 7.22. The van der Waals surface area contributed by atoms with E-state index in [0.29, 0.717) is 11.3 Å². The predicted molar refractivity (Wildman–Crippen MR) is 75.6 cm³/mol. The van der Waals surface area contributed by atoms with Crippen LogP contribution in [0.3, 0.4) is 0 Å². The van der Waals surface area contributed by atoms with E-state index in [2.05, 4.69) is 53.8 Å². The molecule has 1 nitrogen and oxygen atoms in total. The van der Waals surface area contributed by atoms with Gasteiger partial charge in [0, 0.05) is 23.2 Å². The number of hydrogen-bond donors (Lipinski definition) is 0. The van der Waals surface area contributed by atoms with Crippen molar-refractivity contribution in [2.24, 2.45) is 0 Å². The molecule has 0 fully saturated rings. The van der Waals surface area contributed by atoms with Crippen LogP contribution in [-0.4, -0.2) is 4.98 Å². The fourth-order valence-electron chi connectivity index (χ4n) is 1.64. The molecule has 0 saturated carbocycles. The molecule has 16 heavy (non-hydrogen) atoms. The number of rotatable bonds is 3. The quantitative estimate of drug-likeness (QED) is 0.755. The van der Waals surface area contributed by atoms with Crippen LogP contribution < -0.4 is 0 Å². The molecular weight excluding hydrogens is 232 g/mol. The molecule has 82 valence electrons. The molecule has 0 radical (unpaired) electrons. The van der Waals surface area contributed by atoms with Crippen molar-refractivity contribution < 1.29 is 0 Å². The molecule has 1 aromatic heterocycles. The summed E-state index contributed by atoms with van der Waals surface area (Å²) < 4.78 is 0. The van der Waals surface area contributed by atoms with E-state index in [0.717, 1.165) is 5.69 Å². The van der Waals surface area contributed by atoms with Gasteiger partial charge in [-0.1, -0.05) is 36.4 Å². The molecule has 1 heterocycles. The van der Waals surface area contributed by atoms with Crippen molar-refractivity contribution in [2.45, 2.75) is 11.3 Å². The van der Waals surface area contributed by atoms with E-state index in [9.17, 15) is 0 Å². The Labute approximate surface area is 101 Å². The van der Waals surface area contributed by atoms with Gasteiger partial charge in [0.1, 0.15) is 0 Å². The Morgan fingerprint density at radius 3 is 2.12 bits per heavy atom. The van der Waals surface area contributed by atoms with Crippen molar-refractivity contribution in [1.29, 1.82) is 0 Å². The smallest absolute Gasteiger partial charge is 0.0481 e. The summed E-state index contributed by atoms with van der Waals surface area (Å²) in [5.41, 5.74) is 3.13. The van der Waals surface area contributed by atoms with E-state index < -0.39 is 0 Å². The second kappa shape index (κ2) is 5.53. The van der Waals surface area contributed by atoms with Crippen LogP contribution in [0.1, 0.15) is 22.6 Å². The summed E-state index contributed by atoms with van der Waals surface area (Å²) in [5.74, 6) is 0. The monoisotopic (exact) mass is 247 g/mol. The van der Waals surface area contributed by atoms with Crippen LogP contribution in [0.5, 0.6) is 0 Å². The Morgan fingerprint density at radius 2 is 1.50 bits per heavy atom. The Kier molecular flexibility index (Phi) is 4.04. The minimum atomic E-state index is 0.327. The molecule has 0 N–H and O–H groups in total. The molecule has 4 atom stereocenters. The van der Waals surface area contributed by atoms with E-state index in [1.165, 1.54) is 5.56 Å². The molecule has 2 unspecified atom stereocenters. The minimum absolute atomic E-state index is 0.327. The number of benzene rings is 1. The first kappa shape index (κ1) is 11.7. The normalized spacial score (nSPS) is 14.4. The van der Waals surface area contributed by atoms with Gasteiger partial charge in [0.15, 0.2) is 0 Å². The third kappa shape index (κ3) is 2.67. The highest BCUT2D eigenvalue weighted by atomic mass is 31.0. The first-order valence-electron chi connectivity index (χ1n) is 5.26. The third-order valence-electron chi connectivity index (χ3n) is 2.60. The molecule has 0 aliphatic carbocycles. The van der Waals surface area contributed by atoms with Crippen molar-refractivity contribution in [3.8, 4) is 0 Å². The van der Waals surface area contributed by atoms with E-state index in [4.69, 9.17) is 0 Å². The van der Waals surface area contributed by atoms with Gasteiger partial charge >= 0.3 is 0 Å². The molecule has 0 bridgehead atoms. The fourth-order valence-corrected chi connectivity index (χ4v) is 2.48. The lowest BCUT2D eigenvalue weighted by Crippen LogP contribution is -2.00. The molecule has 0 aliphatic heterocycles. The summed E-state index contributed by atoms with van der Waals surface area (Å²) in [6.07, 6.45) is 1.84. The van der Waals surface area contributed by atoms with E-state index in [1.54, 1.807) is 0 Å². The molecule has 0 saturated heterocycles. The largest absolute Gasteiger partial charge is 0.261 e. The average Bonchev–Trinajstić information content (AvgIpc) is 2.39. The molecule has 3 heteroatoms. The Balaban J connectivity index is 2.20. The summed E-state index contributed by atoms with van der Waals surface area (Å²) in [7, 11) is 5.78. The van der Waals surface area contributed by atoms with Gasteiger partial charge < -0.3 is 0 Å². The second-order valence-corrected chi connectivity index (χ2v) is 5.15. The SMILES string of the molecule is P[C@H](c1ccccc1)[C@H](P)c1ccccn1. The van der Waals surface area contributed by atoms with Crippen molar-refractivity contribution in [2.75, 3.05) is 0 Å². The number of aromatic nitrogens is 1. The molecule has 0 aliphatic rings. The topological polar surface area (TPSA) is 12.9 Å². The van der Waals surface area contributed by atoms with E-state index in [-0.39, 0.29) is 0 Å². The van der Waals surface area contributed by atoms with Crippen LogP contribution in [0.15, 0.2) is 54.7 Å². The first-order chi connectivity index (χ1) is 7.79. The maximum Gasteiger partial charge on any atom is 0.0481 e. The van der Waals surface area contributed by atoms with Crippen LogP contribution >= 0.6 is 18.5 Å². The maximum atomic E-state index is 4.39. The molecule has 2 rings (SSSR count). The fraction of sp³-hybridized carbons (Fsp3) is 0.154.